The van der Waals surface area contributed by atoms with Crippen LogP contribution in [0.5, 0.6) is 0 Å². The Kier molecular flexibility index (Phi) is 5.89. The molecular weight excluding hydrogens is 677 g/mol. The Morgan fingerprint density at radius 1 is 0.286 bits per heavy atom. The molecule has 0 saturated heterocycles. The molecule has 258 valence electrons. The van der Waals surface area contributed by atoms with Gasteiger partial charge in [-0.2, -0.15) is 0 Å². The van der Waals surface area contributed by atoms with Gasteiger partial charge in [0.2, 0.25) is 0 Å². The lowest BCUT2D eigenvalue weighted by Gasteiger charge is -2.31. The van der Waals surface area contributed by atoms with Crippen molar-refractivity contribution in [3.63, 3.8) is 0 Å². The Morgan fingerprint density at radius 3 is 1.66 bits per heavy atom. The fourth-order valence-electron chi connectivity index (χ4n) is 10.4. The van der Waals surface area contributed by atoms with E-state index in [1.807, 2.05) is 0 Å². The van der Waals surface area contributed by atoms with Gasteiger partial charge >= 0.3 is 0 Å². The largest absolute Gasteiger partial charge is 0.456 e. The normalized spacial score (nSPS) is 13.5. The van der Waals surface area contributed by atoms with Gasteiger partial charge in [-0.05, 0) is 142 Å². The number of hydrogen-bond donors (Lipinski definition) is 0. The van der Waals surface area contributed by atoms with Gasteiger partial charge in [-0.25, -0.2) is 0 Å². The van der Waals surface area contributed by atoms with Gasteiger partial charge in [0.15, 0.2) is 0 Å². The predicted molar refractivity (Wildman–Crippen MR) is 233 cm³/mol. The molecule has 1 heterocycles. The van der Waals surface area contributed by atoms with Crippen molar-refractivity contribution in [2.45, 2.75) is 5.41 Å². The molecule has 0 fully saturated rings. The molecule has 11 aromatic rings. The lowest BCUT2D eigenvalue weighted by molar-refractivity contribution is 0.669. The fourth-order valence-corrected chi connectivity index (χ4v) is 10.4. The molecule has 1 heteroatoms. The Bertz CT molecular complexity index is 3440. The van der Waals surface area contributed by atoms with Gasteiger partial charge in [0.1, 0.15) is 11.2 Å². The maximum Gasteiger partial charge on any atom is 0.136 e. The summed E-state index contributed by atoms with van der Waals surface area (Å²) in [5.74, 6) is 0. The van der Waals surface area contributed by atoms with Crippen LogP contribution < -0.4 is 0 Å². The van der Waals surface area contributed by atoms with E-state index >= 15 is 0 Å². The van der Waals surface area contributed by atoms with E-state index in [1.165, 1.54) is 99.1 Å². The molecule has 1 spiro atoms. The highest BCUT2D eigenvalue weighted by Crippen LogP contribution is 2.64. The quantitative estimate of drug-likeness (QED) is 0.174. The third-order valence-electron chi connectivity index (χ3n) is 12.8. The van der Waals surface area contributed by atoms with Crippen LogP contribution >= 0.6 is 0 Å². The van der Waals surface area contributed by atoms with Gasteiger partial charge in [0, 0.05) is 10.8 Å². The van der Waals surface area contributed by atoms with Crippen LogP contribution in [-0.4, -0.2) is 0 Å². The molecule has 0 aliphatic heterocycles. The first kappa shape index (κ1) is 30.1. The van der Waals surface area contributed by atoms with Gasteiger partial charge in [-0.3, -0.25) is 0 Å². The number of rotatable bonds is 2. The highest BCUT2D eigenvalue weighted by molar-refractivity contribution is 6.16. The Balaban J connectivity index is 1.11. The summed E-state index contributed by atoms with van der Waals surface area (Å²) in [6.07, 6.45) is 0. The zero-order chi connectivity index (χ0) is 36.5. The minimum Gasteiger partial charge on any atom is -0.456 e. The summed E-state index contributed by atoms with van der Waals surface area (Å²) >= 11 is 0. The van der Waals surface area contributed by atoms with Gasteiger partial charge in [-0.15, -0.1) is 0 Å². The van der Waals surface area contributed by atoms with Crippen molar-refractivity contribution in [3.05, 3.63) is 216 Å². The van der Waals surface area contributed by atoms with Gasteiger partial charge in [0.25, 0.3) is 0 Å². The van der Waals surface area contributed by atoms with Crippen molar-refractivity contribution in [3.8, 4) is 44.5 Å². The minimum absolute atomic E-state index is 0.469. The zero-order valence-corrected chi connectivity index (χ0v) is 30.4. The van der Waals surface area contributed by atoms with E-state index < -0.39 is 5.41 Å². The third-order valence-corrected chi connectivity index (χ3v) is 12.8. The molecule has 0 amide bonds. The van der Waals surface area contributed by atoms with Crippen LogP contribution in [0.15, 0.2) is 199 Å². The molecule has 0 saturated carbocycles. The molecule has 56 heavy (non-hydrogen) atoms. The first-order chi connectivity index (χ1) is 27.7. The third kappa shape index (κ3) is 3.89. The zero-order valence-electron chi connectivity index (χ0n) is 30.4. The molecule has 0 atom stereocenters. The average Bonchev–Trinajstić information content (AvgIpc) is 3.87. The summed E-state index contributed by atoms with van der Waals surface area (Å²) in [4.78, 5) is 0. The summed E-state index contributed by atoms with van der Waals surface area (Å²) < 4.78 is 6.57. The van der Waals surface area contributed by atoms with Crippen LogP contribution in [0, 0.1) is 0 Å². The Labute approximate surface area is 323 Å². The SMILES string of the molecule is c1ccc2c(c1)-c1ccccc1C21c2cc(-c3cccc4oc5cc6ccccc6cc5c34)ccc2-c2cc3c(-c4ccc5ccccc5c4)cccc3cc21. The Morgan fingerprint density at radius 2 is 0.857 bits per heavy atom. The van der Waals surface area contributed by atoms with Crippen molar-refractivity contribution in [2.75, 3.05) is 0 Å². The number of benzene rings is 10. The predicted octanol–water partition coefficient (Wildman–Crippen LogP) is 14.7. The smallest absolute Gasteiger partial charge is 0.136 e. The van der Waals surface area contributed by atoms with E-state index in [0.29, 0.717) is 0 Å². The van der Waals surface area contributed by atoms with E-state index in [4.69, 9.17) is 4.42 Å². The molecule has 0 bridgehead atoms. The lowest BCUT2D eigenvalue weighted by Crippen LogP contribution is -2.25. The van der Waals surface area contributed by atoms with Gasteiger partial charge in [-0.1, -0.05) is 152 Å². The maximum absolute atomic E-state index is 6.57. The van der Waals surface area contributed by atoms with Crippen LogP contribution in [0.2, 0.25) is 0 Å². The van der Waals surface area contributed by atoms with Gasteiger partial charge in [0.05, 0.1) is 5.41 Å². The van der Waals surface area contributed by atoms with Crippen molar-refractivity contribution in [1.82, 2.24) is 0 Å². The second-order valence-electron chi connectivity index (χ2n) is 15.6. The van der Waals surface area contributed by atoms with E-state index in [1.54, 1.807) is 0 Å². The molecule has 0 unspecified atom stereocenters. The summed E-state index contributed by atoms with van der Waals surface area (Å²) in [5.41, 5.74) is 16.8. The van der Waals surface area contributed by atoms with E-state index in [9.17, 15) is 0 Å². The van der Waals surface area contributed by atoms with Gasteiger partial charge < -0.3 is 4.42 Å². The molecule has 10 aromatic carbocycles. The Hall–Kier alpha value is -7.22. The first-order valence-corrected chi connectivity index (χ1v) is 19.5. The van der Waals surface area contributed by atoms with Crippen molar-refractivity contribution >= 4 is 54.3 Å². The summed E-state index contributed by atoms with van der Waals surface area (Å²) in [5, 5.41) is 9.76. The highest BCUT2D eigenvalue weighted by Gasteiger charge is 2.51. The summed E-state index contributed by atoms with van der Waals surface area (Å²) in [6.45, 7) is 0. The topological polar surface area (TPSA) is 13.1 Å². The van der Waals surface area contributed by atoms with E-state index in [2.05, 4.69) is 194 Å². The molecule has 0 N–H and O–H groups in total. The maximum atomic E-state index is 6.57. The number of hydrogen-bond acceptors (Lipinski definition) is 1. The van der Waals surface area contributed by atoms with Crippen LogP contribution in [0.25, 0.3) is 98.8 Å². The van der Waals surface area contributed by atoms with Crippen LogP contribution in [-0.2, 0) is 5.41 Å². The van der Waals surface area contributed by atoms with Crippen LogP contribution in [0.4, 0.5) is 0 Å². The number of fused-ring (bicyclic) bond motifs is 16. The van der Waals surface area contributed by atoms with Crippen molar-refractivity contribution in [1.29, 1.82) is 0 Å². The highest BCUT2D eigenvalue weighted by atomic mass is 16.3. The second-order valence-corrected chi connectivity index (χ2v) is 15.6. The second kappa shape index (κ2) is 10.9. The molecule has 1 aromatic heterocycles. The molecule has 1 nitrogen and oxygen atoms in total. The average molecular weight is 709 g/mol. The lowest BCUT2D eigenvalue weighted by atomic mass is 9.70. The molecule has 2 aliphatic rings. The van der Waals surface area contributed by atoms with Crippen molar-refractivity contribution < 1.29 is 4.42 Å². The summed E-state index contributed by atoms with van der Waals surface area (Å²) in [7, 11) is 0. The fraction of sp³-hybridized carbons (Fsp3) is 0.0182. The molecular formula is C55H32O. The molecule has 2 aliphatic carbocycles. The van der Waals surface area contributed by atoms with E-state index in [-0.39, 0.29) is 0 Å². The standard InChI is InChI=1S/C55H32O/c1-2-12-34-27-38(24-23-33(34)11-1)40-18-9-15-37-29-51-46(32-45(37)40)44-26-25-39(30-50(44)55(51)48-20-7-5-16-42(48)43-17-6-8-21-49(43)55)41-19-10-22-52-54(41)47-28-35-13-3-4-14-36(35)31-53(47)56-52/h1-32H. The summed E-state index contributed by atoms with van der Waals surface area (Å²) in [6, 6.07) is 72.2. The minimum atomic E-state index is -0.469. The van der Waals surface area contributed by atoms with Crippen molar-refractivity contribution in [2.24, 2.45) is 0 Å². The number of furan rings is 1. The van der Waals surface area contributed by atoms with Crippen LogP contribution in [0.1, 0.15) is 22.3 Å². The monoisotopic (exact) mass is 708 g/mol. The van der Waals surface area contributed by atoms with Crippen LogP contribution in [0.3, 0.4) is 0 Å². The van der Waals surface area contributed by atoms with E-state index in [0.717, 1.165) is 21.9 Å². The first-order valence-electron chi connectivity index (χ1n) is 19.5. The molecule has 0 radical (unpaired) electrons. The molecule has 13 rings (SSSR count).